The molecule has 2 N–H and O–H groups in total. The Bertz CT molecular complexity index is 584. The average molecular weight is 324 g/mol. The van der Waals surface area contributed by atoms with Crippen LogP contribution in [0, 0.1) is 23.0 Å². The number of hydrogen-bond acceptors (Lipinski definition) is 5. The van der Waals surface area contributed by atoms with Crippen LogP contribution >= 0.6 is 0 Å². The van der Waals surface area contributed by atoms with Gasteiger partial charge >= 0.3 is 5.69 Å². The number of carbonyl (C=O) groups excluding carboxylic acids is 1. The molecule has 0 spiro atoms. The van der Waals surface area contributed by atoms with Gasteiger partial charge in [0, 0.05) is 25.1 Å². The van der Waals surface area contributed by atoms with E-state index < -0.39 is 10.8 Å². The zero-order valence-corrected chi connectivity index (χ0v) is 13.6. The summed E-state index contributed by atoms with van der Waals surface area (Å²) in [6.07, 6.45) is 4.73. The number of carbonyl (C=O) groups is 1. The molecule has 0 radical (unpaired) electrons. The SMILES string of the molecule is CCn1nc(C)c([N+](=O)[O-])c1C(=O)NC1CCCCCC1CO. The highest BCUT2D eigenvalue weighted by atomic mass is 16.6. The van der Waals surface area contributed by atoms with Crippen LogP contribution in [-0.2, 0) is 6.54 Å². The number of aliphatic hydroxyl groups excluding tert-OH is 1. The molecule has 8 nitrogen and oxygen atoms in total. The van der Waals surface area contributed by atoms with Crippen molar-refractivity contribution in [3.05, 3.63) is 21.5 Å². The lowest BCUT2D eigenvalue weighted by Crippen LogP contribution is -2.42. The summed E-state index contributed by atoms with van der Waals surface area (Å²) >= 11 is 0. The standard InChI is InChI=1S/C15H24N4O4/c1-3-18-14(13(19(22)23)10(2)17-18)15(21)16-12-8-6-4-5-7-11(12)9-20/h11-12,20H,3-9H2,1-2H3,(H,16,21). The van der Waals surface area contributed by atoms with Crippen molar-refractivity contribution in [3.63, 3.8) is 0 Å². The molecule has 1 aliphatic rings. The van der Waals surface area contributed by atoms with Crippen molar-refractivity contribution in [1.29, 1.82) is 0 Å². The first kappa shape index (κ1) is 17.4. The fourth-order valence-corrected chi connectivity index (χ4v) is 3.27. The summed E-state index contributed by atoms with van der Waals surface area (Å²) in [5.41, 5.74) is -0.00367. The molecule has 1 aromatic rings. The van der Waals surface area contributed by atoms with E-state index in [0.717, 1.165) is 32.1 Å². The van der Waals surface area contributed by atoms with Crippen LogP contribution in [0.4, 0.5) is 5.69 Å². The fraction of sp³-hybridized carbons (Fsp3) is 0.733. The zero-order chi connectivity index (χ0) is 17.0. The molecule has 1 aliphatic carbocycles. The molecule has 2 unspecified atom stereocenters. The Hall–Kier alpha value is -1.96. The maximum atomic E-state index is 12.6. The van der Waals surface area contributed by atoms with Gasteiger partial charge in [-0.1, -0.05) is 19.3 Å². The maximum absolute atomic E-state index is 12.6. The fourth-order valence-electron chi connectivity index (χ4n) is 3.27. The van der Waals surface area contributed by atoms with E-state index in [1.54, 1.807) is 6.92 Å². The summed E-state index contributed by atoms with van der Waals surface area (Å²) in [6.45, 7) is 3.71. The molecule has 0 bridgehead atoms. The predicted octanol–water partition coefficient (Wildman–Crippen LogP) is 1.79. The Balaban J connectivity index is 2.27. The molecule has 23 heavy (non-hydrogen) atoms. The van der Waals surface area contributed by atoms with E-state index >= 15 is 0 Å². The molecule has 2 atom stereocenters. The van der Waals surface area contributed by atoms with Gasteiger partial charge in [0.25, 0.3) is 5.91 Å². The minimum Gasteiger partial charge on any atom is -0.396 e. The molecule has 1 saturated carbocycles. The molecule has 0 aromatic carbocycles. The Morgan fingerprint density at radius 1 is 1.43 bits per heavy atom. The molecule has 8 heteroatoms. The molecule has 0 saturated heterocycles. The van der Waals surface area contributed by atoms with Gasteiger partial charge in [0.05, 0.1) is 4.92 Å². The van der Waals surface area contributed by atoms with Crippen molar-refractivity contribution in [2.24, 2.45) is 5.92 Å². The highest BCUT2D eigenvalue weighted by molar-refractivity contribution is 5.97. The first-order valence-corrected chi connectivity index (χ1v) is 8.13. The van der Waals surface area contributed by atoms with Crippen LogP contribution < -0.4 is 5.32 Å². The van der Waals surface area contributed by atoms with Gasteiger partial charge in [-0.2, -0.15) is 5.10 Å². The number of nitro groups is 1. The summed E-state index contributed by atoms with van der Waals surface area (Å²) in [6, 6.07) is -0.157. The van der Waals surface area contributed by atoms with Crippen molar-refractivity contribution in [2.45, 2.75) is 58.5 Å². The number of aromatic nitrogens is 2. The quantitative estimate of drug-likeness (QED) is 0.487. The number of hydrogen-bond donors (Lipinski definition) is 2. The van der Waals surface area contributed by atoms with E-state index in [2.05, 4.69) is 10.4 Å². The Morgan fingerprint density at radius 2 is 2.13 bits per heavy atom. The summed E-state index contributed by atoms with van der Waals surface area (Å²) in [4.78, 5) is 23.4. The molecule has 2 rings (SSSR count). The van der Waals surface area contributed by atoms with Crippen molar-refractivity contribution >= 4 is 11.6 Å². The van der Waals surface area contributed by atoms with E-state index in [9.17, 15) is 20.0 Å². The number of rotatable bonds is 5. The van der Waals surface area contributed by atoms with Crippen LogP contribution in [0.2, 0.25) is 0 Å². The van der Waals surface area contributed by atoms with Gasteiger partial charge in [0.1, 0.15) is 5.69 Å². The lowest BCUT2D eigenvalue weighted by Gasteiger charge is -2.24. The highest BCUT2D eigenvalue weighted by Crippen LogP contribution is 2.26. The lowest BCUT2D eigenvalue weighted by molar-refractivity contribution is -0.385. The number of nitrogens with zero attached hydrogens (tertiary/aromatic N) is 3. The van der Waals surface area contributed by atoms with E-state index in [0.29, 0.717) is 6.54 Å². The van der Waals surface area contributed by atoms with Gasteiger partial charge in [-0.3, -0.25) is 19.6 Å². The van der Waals surface area contributed by atoms with Crippen LogP contribution in [0.5, 0.6) is 0 Å². The molecular formula is C15H24N4O4. The van der Waals surface area contributed by atoms with Crippen LogP contribution in [-0.4, -0.2) is 38.4 Å². The van der Waals surface area contributed by atoms with E-state index in [4.69, 9.17) is 0 Å². The van der Waals surface area contributed by atoms with E-state index in [1.165, 1.54) is 11.6 Å². The number of aliphatic hydroxyl groups is 1. The van der Waals surface area contributed by atoms with Crippen LogP contribution in [0.1, 0.15) is 55.2 Å². The van der Waals surface area contributed by atoms with E-state index in [-0.39, 0.29) is 35.6 Å². The third kappa shape index (κ3) is 3.69. The minimum absolute atomic E-state index is 0.000369. The van der Waals surface area contributed by atoms with Crippen LogP contribution in [0.3, 0.4) is 0 Å². The van der Waals surface area contributed by atoms with Crippen LogP contribution in [0.15, 0.2) is 0 Å². The molecule has 1 fully saturated rings. The van der Waals surface area contributed by atoms with Crippen molar-refractivity contribution in [2.75, 3.05) is 6.61 Å². The largest absolute Gasteiger partial charge is 0.396 e. The van der Waals surface area contributed by atoms with Gasteiger partial charge in [-0.25, -0.2) is 0 Å². The monoisotopic (exact) mass is 324 g/mol. The third-order valence-corrected chi connectivity index (χ3v) is 4.50. The van der Waals surface area contributed by atoms with Gasteiger partial charge in [-0.15, -0.1) is 0 Å². The first-order chi connectivity index (χ1) is 11.0. The number of aryl methyl sites for hydroxylation is 2. The molecule has 128 valence electrons. The number of amides is 1. The van der Waals surface area contributed by atoms with Crippen LogP contribution in [0.25, 0.3) is 0 Å². The Kier molecular flexibility index (Phi) is 5.70. The predicted molar refractivity (Wildman–Crippen MR) is 84.2 cm³/mol. The number of nitrogens with one attached hydrogen (secondary N) is 1. The normalized spacial score (nSPS) is 21.7. The molecular weight excluding hydrogens is 300 g/mol. The third-order valence-electron chi connectivity index (χ3n) is 4.50. The van der Waals surface area contributed by atoms with E-state index in [1.807, 2.05) is 0 Å². The van der Waals surface area contributed by atoms with Gasteiger partial charge < -0.3 is 10.4 Å². The average Bonchev–Trinajstić information content (AvgIpc) is 2.70. The summed E-state index contributed by atoms with van der Waals surface area (Å²) in [5.74, 6) is -0.482. The first-order valence-electron chi connectivity index (χ1n) is 8.13. The zero-order valence-electron chi connectivity index (χ0n) is 13.6. The minimum atomic E-state index is -0.556. The lowest BCUT2D eigenvalue weighted by atomic mass is 9.95. The Morgan fingerprint density at radius 3 is 2.74 bits per heavy atom. The van der Waals surface area contributed by atoms with Crippen molar-refractivity contribution in [1.82, 2.24) is 15.1 Å². The second-order valence-corrected chi connectivity index (χ2v) is 6.02. The summed E-state index contributed by atoms with van der Waals surface area (Å²) in [5, 5.41) is 27.8. The smallest absolute Gasteiger partial charge is 0.322 e. The Labute approximate surface area is 135 Å². The summed E-state index contributed by atoms with van der Waals surface area (Å²) in [7, 11) is 0. The highest BCUT2D eigenvalue weighted by Gasteiger charge is 2.32. The maximum Gasteiger partial charge on any atom is 0.322 e. The second kappa shape index (κ2) is 7.54. The van der Waals surface area contributed by atoms with Crippen molar-refractivity contribution < 1.29 is 14.8 Å². The summed E-state index contributed by atoms with van der Waals surface area (Å²) < 4.78 is 1.37. The molecule has 1 aromatic heterocycles. The van der Waals surface area contributed by atoms with Crippen molar-refractivity contribution in [3.8, 4) is 0 Å². The van der Waals surface area contributed by atoms with Gasteiger partial charge in [0.15, 0.2) is 0 Å². The molecule has 1 amide bonds. The second-order valence-electron chi connectivity index (χ2n) is 6.02. The van der Waals surface area contributed by atoms with Gasteiger partial charge in [-0.05, 0) is 26.7 Å². The van der Waals surface area contributed by atoms with Gasteiger partial charge in [0.2, 0.25) is 5.69 Å². The molecule has 0 aliphatic heterocycles. The topological polar surface area (TPSA) is 110 Å². The molecule has 1 heterocycles.